The Hall–Kier alpha value is -3.78. The summed E-state index contributed by atoms with van der Waals surface area (Å²) in [5.41, 5.74) is -1.85. The highest BCUT2D eigenvalue weighted by atomic mass is 16.3. The maximum Gasteiger partial charge on any atom is 0.332 e. The molecule has 0 saturated heterocycles. The van der Waals surface area contributed by atoms with Gasteiger partial charge in [-0.05, 0) is 66.1 Å². The van der Waals surface area contributed by atoms with Crippen molar-refractivity contribution in [1.29, 1.82) is 0 Å². The molecule has 4 heterocycles. The van der Waals surface area contributed by atoms with E-state index in [-0.39, 0.29) is 63.2 Å². The Kier molecular flexibility index (Phi) is 8.72. The first kappa shape index (κ1) is 25.7. The van der Waals surface area contributed by atoms with Gasteiger partial charge in [0.25, 0.3) is 11.1 Å². The van der Waals surface area contributed by atoms with Gasteiger partial charge in [-0.3, -0.25) is 27.9 Å². The number of imidazole rings is 2. The van der Waals surface area contributed by atoms with E-state index < -0.39 is 54.4 Å². The molecule has 14 nitrogen and oxygen atoms in total. The number of aromatic nitrogens is 8. The number of hydrogen-bond donors (Lipinski definition) is 2. The van der Waals surface area contributed by atoms with Crippen molar-refractivity contribution in [3.63, 3.8) is 0 Å². The molecule has 0 spiro atoms. The lowest BCUT2D eigenvalue weighted by molar-refractivity contribution is 0.179. The van der Waals surface area contributed by atoms with Crippen LogP contribution >= 0.6 is 0 Å². The van der Waals surface area contributed by atoms with Gasteiger partial charge >= 0.3 is 11.4 Å². The lowest BCUT2D eigenvalue weighted by Crippen LogP contribution is -2.39. The van der Waals surface area contributed by atoms with Gasteiger partial charge in [-0.2, -0.15) is 0 Å². The molecule has 14 heteroatoms. The van der Waals surface area contributed by atoms with E-state index in [9.17, 15) is 29.4 Å². The van der Waals surface area contributed by atoms with Crippen molar-refractivity contribution in [2.24, 2.45) is 28.1 Å². The van der Waals surface area contributed by atoms with E-state index in [1.165, 1.54) is 32.4 Å². The highest BCUT2D eigenvalue weighted by Crippen LogP contribution is 2.09. The van der Waals surface area contributed by atoms with Crippen LogP contribution in [0.1, 0.15) is 80.9 Å². The second-order valence-electron chi connectivity index (χ2n) is 10.1. The fraction of sp³-hybridized carbons (Fsp3) is 0.655. The first-order valence-corrected chi connectivity index (χ1v) is 13.5. The normalized spacial score (nSPS) is 16.1. The van der Waals surface area contributed by atoms with Crippen LogP contribution in [0, 0.1) is 13.8 Å². The molecule has 2 atom stereocenters. The zero-order chi connectivity index (χ0) is 37.5. The quantitative estimate of drug-likeness (QED) is 0.270. The first-order valence-electron chi connectivity index (χ1n) is 17.0. The molecular weight excluding hydrogens is 556 g/mol. The Labute approximate surface area is 260 Å². The van der Waals surface area contributed by atoms with Crippen LogP contribution in [0.3, 0.4) is 0 Å². The van der Waals surface area contributed by atoms with Crippen molar-refractivity contribution in [2.45, 2.75) is 98.8 Å². The Bertz CT molecular complexity index is 2080. The number of rotatable bonds is 10. The molecule has 0 radical (unpaired) electrons. The second kappa shape index (κ2) is 14.6. The molecule has 0 bridgehead atoms. The zero-order valence-corrected chi connectivity index (χ0v) is 25.0. The van der Waals surface area contributed by atoms with Crippen molar-refractivity contribution < 1.29 is 19.8 Å². The smallest absolute Gasteiger partial charge is 0.332 e. The third kappa shape index (κ3) is 7.42. The van der Waals surface area contributed by atoms with Gasteiger partial charge in [0.1, 0.15) is 11.6 Å². The Morgan fingerprint density at radius 3 is 1.44 bits per heavy atom. The maximum absolute atomic E-state index is 12.8. The van der Waals surface area contributed by atoms with E-state index in [0.717, 1.165) is 18.3 Å². The largest absolute Gasteiger partial charge is 0.393 e. The summed E-state index contributed by atoms with van der Waals surface area (Å²) in [4.78, 5) is 58.4. The van der Waals surface area contributed by atoms with Gasteiger partial charge in [-0.25, -0.2) is 19.6 Å². The second-order valence-corrected chi connectivity index (χ2v) is 10.1. The average molecular weight is 612 g/mol. The summed E-state index contributed by atoms with van der Waals surface area (Å²) in [6.45, 7) is 3.28. The van der Waals surface area contributed by atoms with Crippen molar-refractivity contribution >= 4 is 22.3 Å². The molecule has 240 valence electrons. The molecular formula is C29H48N8O6. The van der Waals surface area contributed by atoms with Gasteiger partial charge in [0.2, 0.25) is 0 Å². The SMILES string of the molecule is C.[2H]C([2H])(CCCn1c(=O)c2c(nc(C)n2C([2H])([2H])[2H])n(C)c1=O)[C@H](C)O.[2H]C([2H])(CCCn1c(=O)c2c(nc(C)n2C)n(C)c1=O)[C@H](C)O. The highest BCUT2D eigenvalue weighted by molar-refractivity contribution is 5.71. The summed E-state index contributed by atoms with van der Waals surface area (Å²) < 4.78 is 60.5. The lowest BCUT2D eigenvalue weighted by Gasteiger charge is -2.09. The van der Waals surface area contributed by atoms with Crippen LogP contribution in [-0.4, -0.2) is 59.8 Å². The van der Waals surface area contributed by atoms with Crippen molar-refractivity contribution in [3.8, 4) is 0 Å². The van der Waals surface area contributed by atoms with Crippen LogP contribution in [0.25, 0.3) is 22.3 Å². The average Bonchev–Trinajstić information content (AvgIpc) is 3.50. The van der Waals surface area contributed by atoms with Crippen molar-refractivity contribution in [3.05, 3.63) is 53.3 Å². The first-order chi connectivity index (χ1) is 22.4. The molecule has 0 amide bonds. The molecule has 43 heavy (non-hydrogen) atoms. The Morgan fingerprint density at radius 2 is 1.07 bits per heavy atom. The molecule has 0 aliphatic rings. The number of hydrogen-bond acceptors (Lipinski definition) is 8. The van der Waals surface area contributed by atoms with Gasteiger partial charge in [-0.1, -0.05) is 7.43 Å². The predicted molar refractivity (Wildman–Crippen MR) is 168 cm³/mol. The van der Waals surface area contributed by atoms with Crippen molar-refractivity contribution in [2.75, 3.05) is 0 Å². The standard InChI is InChI=1S/2C14H22N4O3.CH4/c2*1-9(19)7-5-6-8-18-13(20)11-12(17(4)14(18)21)15-10(2)16(11)3;/h2*9,19H,5-8H2,1-4H3;1H4/t2*9-;/m00./s1/i3D3,7D2;7D2;. The van der Waals surface area contributed by atoms with E-state index >= 15 is 0 Å². The Balaban J connectivity index is 0.000000342. The number of aryl methyl sites for hydroxylation is 6. The summed E-state index contributed by atoms with van der Waals surface area (Å²) in [5.74, 6) is 0.727. The molecule has 4 aromatic rings. The molecule has 0 aliphatic heterocycles. The minimum absolute atomic E-state index is 0. The fourth-order valence-corrected chi connectivity index (χ4v) is 4.47. The molecule has 4 aromatic heterocycles. The number of fused-ring (bicyclic) bond motifs is 2. The minimum Gasteiger partial charge on any atom is -0.393 e. The van der Waals surface area contributed by atoms with Crippen LogP contribution < -0.4 is 22.5 Å². The van der Waals surface area contributed by atoms with E-state index in [1.54, 1.807) is 25.6 Å². The monoisotopic (exact) mass is 611 g/mol. The minimum atomic E-state index is -2.63. The predicted octanol–water partition coefficient (Wildman–Crippen LogP) is 1.22. The molecule has 0 aromatic carbocycles. The molecule has 0 unspecified atom stereocenters. The van der Waals surface area contributed by atoms with Crippen LogP contribution in [0.15, 0.2) is 19.2 Å². The summed E-state index contributed by atoms with van der Waals surface area (Å²) in [6.07, 6.45) is -5.50. The van der Waals surface area contributed by atoms with E-state index in [4.69, 9.17) is 9.60 Å². The van der Waals surface area contributed by atoms with E-state index in [0.29, 0.717) is 17.0 Å². The van der Waals surface area contributed by atoms with E-state index in [2.05, 4.69) is 9.97 Å². The summed E-state index contributed by atoms with van der Waals surface area (Å²) in [7, 11) is 4.67. The van der Waals surface area contributed by atoms with Crippen LogP contribution in [0.5, 0.6) is 0 Å². The fourth-order valence-electron chi connectivity index (χ4n) is 4.47. The molecule has 0 aliphatic carbocycles. The number of aliphatic hydroxyl groups excluding tert-OH is 2. The third-order valence-electron chi connectivity index (χ3n) is 6.89. The van der Waals surface area contributed by atoms with Gasteiger partial charge in [0, 0.05) is 50.8 Å². The highest BCUT2D eigenvalue weighted by Gasteiger charge is 2.18. The van der Waals surface area contributed by atoms with Gasteiger partial charge < -0.3 is 19.3 Å². The van der Waals surface area contributed by atoms with Crippen LogP contribution in [0.2, 0.25) is 0 Å². The number of nitrogens with zero attached hydrogens (tertiary/aromatic N) is 8. The third-order valence-corrected chi connectivity index (χ3v) is 6.89. The van der Waals surface area contributed by atoms with E-state index in [1.807, 2.05) is 0 Å². The Morgan fingerprint density at radius 1 is 0.698 bits per heavy atom. The molecule has 0 saturated carbocycles. The zero-order valence-electron chi connectivity index (χ0n) is 32.0. The van der Waals surface area contributed by atoms with Gasteiger partial charge in [0.15, 0.2) is 22.3 Å². The lowest BCUT2D eigenvalue weighted by atomic mass is 10.2. The van der Waals surface area contributed by atoms with Crippen molar-refractivity contribution in [1.82, 2.24) is 37.4 Å². The van der Waals surface area contributed by atoms with Gasteiger partial charge in [0.05, 0.1) is 12.2 Å². The summed E-state index contributed by atoms with van der Waals surface area (Å²) in [6, 6.07) is 0. The summed E-state index contributed by atoms with van der Waals surface area (Å²) in [5, 5.41) is 18.8. The number of aliphatic hydroxyl groups is 2. The van der Waals surface area contributed by atoms with Gasteiger partial charge in [-0.15, -0.1) is 0 Å². The maximum atomic E-state index is 12.8. The van der Waals surface area contributed by atoms with Crippen LogP contribution in [0.4, 0.5) is 0 Å². The molecule has 4 rings (SSSR count). The summed E-state index contributed by atoms with van der Waals surface area (Å²) >= 11 is 0. The molecule has 2 N–H and O–H groups in total. The molecule has 0 fully saturated rings. The van der Waals surface area contributed by atoms with Crippen LogP contribution in [-0.2, 0) is 41.2 Å². The topological polar surface area (TPSA) is 164 Å².